The highest BCUT2D eigenvalue weighted by Gasteiger charge is 2.18. The summed E-state index contributed by atoms with van der Waals surface area (Å²) in [5, 5.41) is 11.4. The first-order valence-electron chi connectivity index (χ1n) is 8.83. The van der Waals surface area contributed by atoms with Gasteiger partial charge in [0.1, 0.15) is 0 Å². The maximum absolute atomic E-state index is 11.5. The summed E-state index contributed by atoms with van der Waals surface area (Å²) in [7, 11) is 0. The van der Waals surface area contributed by atoms with Crippen LogP contribution in [-0.2, 0) is 0 Å². The molecule has 0 saturated carbocycles. The molecule has 136 valence electrons. The molecule has 26 heavy (non-hydrogen) atoms. The minimum absolute atomic E-state index is 0.00821. The van der Waals surface area contributed by atoms with Crippen molar-refractivity contribution in [2.75, 3.05) is 31.5 Å². The molecular formula is C18H22N6OS. The molecule has 8 heteroatoms. The lowest BCUT2D eigenvalue weighted by Gasteiger charge is -2.13. The smallest absolute Gasteiger partial charge is 0.317 e. The highest BCUT2D eigenvalue weighted by atomic mass is 32.1. The summed E-state index contributed by atoms with van der Waals surface area (Å²) in [5.74, 6) is 0.525. The molecule has 0 bridgehead atoms. The Morgan fingerprint density at radius 2 is 2.12 bits per heavy atom. The average Bonchev–Trinajstić information content (AvgIpc) is 3.30. The van der Waals surface area contributed by atoms with Gasteiger partial charge in [-0.05, 0) is 11.5 Å². The zero-order valence-electron chi connectivity index (χ0n) is 14.9. The second-order valence-electron chi connectivity index (χ2n) is 6.68. The fourth-order valence-corrected chi connectivity index (χ4v) is 3.78. The third-order valence-electron chi connectivity index (χ3n) is 4.52. The maximum atomic E-state index is 11.5. The minimum Gasteiger partial charge on any atom is -0.358 e. The maximum Gasteiger partial charge on any atom is 0.317 e. The molecular weight excluding hydrogens is 348 g/mol. The van der Waals surface area contributed by atoms with E-state index in [4.69, 9.17) is 0 Å². The molecule has 3 aromatic rings. The molecule has 0 radical (unpaired) electrons. The summed E-state index contributed by atoms with van der Waals surface area (Å²) >= 11 is 1.51. The molecule has 1 aromatic carbocycles. The lowest BCUT2D eigenvalue weighted by Crippen LogP contribution is -2.32. The van der Waals surface area contributed by atoms with Gasteiger partial charge in [0.15, 0.2) is 0 Å². The number of nitrogens with zero attached hydrogens (tertiary/aromatic N) is 4. The average molecular weight is 370 g/mol. The number of aromatic nitrogens is 3. The van der Waals surface area contributed by atoms with E-state index < -0.39 is 0 Å². The summed E-state index contributed by atoms with van der Waals surface area (Å²) in [4.78, 5) is 18.8. The van der Waals surface area contributed by atoms with Crippen molar-refractivity contribution in [3.8, 4) is 11.3 Å². The Morgan fingerprint density at radius 3 is 2.77 bits per heavy atom. The zero-order chi connectivity index (χ0) is 18.1. The number of urea groups is 1. The summed E-state index contributed by atoms with van der Waals surface area (Å²) in [6.07, 6.45) is 1.95. The van der Waals surface area contributed by atoms with Crippen LogP contribution in [0.2, 0.25) is 0 Å². The number of carbonyl (C=O) groups excluding carboxylic acids is 1. The van der Waals surface area contributed by atoms with E-state index >= 15 is 0 Å². The Labute approximate surface area is 156 Å². The Balaban J connectivity index is 1.41. The van der Waals surface area contributed by atoms with Crippen molar-refractivity contribution in [1.82, 2.24) is 24.8 Å². The Hall–Kier alpha value is -2.61. The van der Waals surface area contributed by atoms with E-state index in [1.807, 2.05) is 6.20 Å². The molecule has 3 heterocycles. The second kappa shape index (κ2) is 6.95. The number of carbonyl (C=O) groups is 1. The normalized spacial score (nSPS) is 14.4. The van der Waals surface area contributed by atoms with Crippen LogP contribution >= 0.6 is 11.3 Å². The molecule has 4 rings (SSSR count). The highest BCUT2D eigenvalue weighted by Crippen LogP contribution is 2.25. The van der Waals surface area contributed by atoms with Gasteiger partial charge >= 0.3 is 6.03 Å². The van der Waals surface area contributed by atoms with E-state index in [2.05, 4.69) is 58.8 Å². The molecule has 1 fully saturated rings. The lowest BCUT2D eigenvalue weighted by molar-refractivity contribution is 0.219. The SMILES string of the molecule is CC(C)c1ccc(-c2cn3nc(NCCN4CCNC4=O)sc3n2)cc1. The minimum atomic E-state index is 0.00821. The molecule has 0 unspecified atom stereocenters. The van der Waals surface area contributed by atoms with E-state index in [0.29, 0.717) is 19.0 Å². The number of amides is 2. The van der Waals surface area contributed by atoms with Crippen LogP contribution in [0.15, 0.2) is 30.5 Å². The Kier molecular flexibility index (Phi) is 4.50. The van der Waals surface area contributed by atoms with Gasteiger partial charge in [0, 0.05) is 31.7 Å². The topological polar surface area (TPSA) is 74.6 Å². The van der Waals surface area contributed by atoms with Crippen LogP contribution < -0.4 is 10.6 Å². The van der Waals surface area contributed by atoms with Gasteiger partial charge in [-0.3, -0.25) is 0 Å². The second-order valence-corrected chi connectivity index (χ2v) is 7.64. The Bertz CT molecular complexity index is 882. The molecule has 2 N–H and O–H groups in total. The molecule has 0 atom stereocenters. The summed E-state index contributed by atoms with van der Waals surface area (Å²) < 4.78 is 1.81. The van der Waals surface area contributed by atoms with Crippen LogP contribution in [0.1, 0.15) is 25.3 Å². The monoisotopic (exact) mass is 370 g/mol. The van der Waals surface area contributed by atoms with Crippen molar-refractivity contribution in [2.24, 2.45) is 0 Å². The van der Waals surface area contributed by atoms with Gasteiger partial charge in [-0.2, -0.15) is 0 Å². The van der Waals surface area contributed by atoms with Gasteiger partial charge < -0.3 is 15.5 Å². The number of fused-ring (bicyclic) bond motifs is 1. The molecule has 1 aliphatic rings. The summed E-state index contributed by atoms with van der Waals surface area (Å²) in [6.45, 7) is 7.21. The Morgan fingerprint density at radius 1 is 1.31 bits per heavy atom. The van der Waals surface area contributed by atoms with Gasteiger partial charge in [0.25, 0.3) is 0 Å². The first-order valence-corrected chi connectivity index (χ1v) is 9.65. The predicted octanol–water partition coefficient (Wildman–Crippen LogP) is 3.02. The van der Waals surface area contributed by atoms with Crippen LogP contribution in [0.5, 0.6) is 0 Å². The number of rotatable bonds is 6. The van der Waals surface area contributed by atoms with E-state index in [1.165, 1.54) is 16.9 Å². The predicted molar refractivity (Wildman–Crippen MR) is 104 cm³/mol. The number of hydrogen-bond donors (Lipinski definition) is 2. The standard InChI is InChI=1S/C18H22N6OS/c1-12(2)13-3-5-14(6-4-13)15-11-24-18(21-15)26-16(22-24)19-7-9-23-10-8-20-17(23)25/h3-6,11-12H,7-10H2,1-2H3,(H,19,22)(H,20,25). The van der Waals surface area contributed by atoms with E-state index in [1.54, 1.807) is 9.42 Å². The molecule has 0 aliphatic carbocycles. The van der Waals surface area contributed by atoms with Gasteiger partial charge in [-0.1, -0.05) is 49.4 Å². The van der Waals surface area contributed by atoms with Gasteiger partial charge in [-0.25, -0.2) is 14.3 Å². The zero-order valence-corrected chi connectivity index (χ0v) is 15.7. The van der Waals surface area contributed by atoms with E-state index in [9.17, 15) is 4.79 Å². The first kappa shape index (κ1) is 16.8. The van der Waals surface area contributed by atoms with Gasteiger partial charge in [-0.15, -0.1) is 5.10 Å². The third-order valence-corrected chi connectivity index (χ3v) is 5.40. The van der Waals surface area contributed by atoms with Crippen LogP contribution in [0.4, 0.5) is 9.93 Å². The number of imidazole rings is 1. The van der Waals surface area contributed by atoms with Crippen molar-refractivity contribution in [3.63, 3.8) is 0 Å². The number of nitrogens with one attached hydrogen (secondary N) is 2. The molecule has 0 spiro atoms. The van der Waals surface area contributed by atoms with Crippen molar-refractivity contribution in [1.29, 1.82) is 0 Å². The largest absolute Gasteiger partial charge is 0.358 e. The van der Waals surface area contributed by atoms with Crippen molar-refractivity contribution >= 4 is 27.5 Å². The summed E-state index contributed by atoms with van der Waals surface area (Å²) in [6, 6.07) is 8.54. The third kappa shape index (κ3) is 3.37. The van der Waals surface area contributed by atoms with Crippen LogP contribution in [0, 0.1) is 0 Å². The van der Waals surface area contributed by atoms with E-state index in [-0.39, 0.29) is 6.03 Å². The lowest BCUT2D eigenvalue weighted by atomic mass is 10.0. The van der Waals surface area contributed by atoms with Gasteiger partial charge in [0.05, 0.1) is 11.9 Å². The molecule has 7 nitrogen and oxygen atoms in total. The molecule has 2 amide bonds. The van der Waals surface area contributed by atoms with Crippen LogP contribution in [-0.4, -0.2) is 51.7 Å². The highest BCUT2D eigenvalue weighted by molar-refractivity contribution is 7.20. The number of hydrogen-bond acceptors (Lipinski definition) is 5. The first-order chi connectivity index (χ1) is 12.6. The fraction of sp³-hybridized carbons (Fsp3) is 0.389. The van der Waals surface area contributed by atoms with Crippen molar-refractivity contribution in [2.45, 2.75) is 19.8 Å². The quantitative estimate of drug-likeness (QED) is 0.699. The summed E-state index contributed by atoms with van der Waals surface area (Å²) in [5.41, 5.74) is 3.35. The van der Waals surface area contributed by atoms with E-state index in [0.717, 1.165) is 34.4 Å². The van der Waals surface area contributed by atoms with Crippen LogP contribution in [0.25, 0.3) is 16.2 Å². The molecule has 1 aliphatic heterocycles. The van der Waals surface area contributed by atoms with Crippen molar-refractivity contribution < 1.29 is 4.79 Å². The molecule has 1 saturated heterocycles. The van der Waals surface area contributed by atoms with Gasteiger partial charge in [0.2, 0.25) is 10.1 Å². The van der Waals surface area contributed by atoms with Crippen LogP contribution in [0.3, 0.4) is 0 Å². The fourth-order valence-electron chi connectivity index (χ4n) is 2.97. The molecule has 2 aromatic heterocycles. The van der Waals surface area contributed by atoms with Crippen molar-refractivity contribution in [3.05, 3.63) is 36.0 Å². The number of anilines is 1. The number of benzene rings is 1.